The third kappa shape index (κ3) is 3.85. The Morgan fingerprint density at radius 2 is 2.04 bits per heavy atom. The van der Waals surface area contributed by atoms with Crippen molar-refractivity contribution >= 4 is 22.6 Å². The number of carbonyl (C=O) groups excluding carboxylic acids is 2. The molecular formula is C20H23N5O3. The van der Waals surface area contributed by atoms with Gasteiger partial charge in [0.25, 0.3) is 5.91 Å². The highest BCUT2D eigenvalue weighted by Gasteiger charge is 2.26. The molecule has 0 fully saturated rings. The second-order valence-corrected chi connectivity index (χ2v) is 6.99. The monoisotopic (exact) mass is 381 g/mol. The highest BCUT2D eigenvalue weighted by Crippen LogP contribution is 2.22. The quantitative estimate of drug-likeness (QED) is 0.659. The predicted molar refractivity (Wildman–Crippen MR) is 104 cm³/mol. The number of hydrogen-bond donors (Lipinski definition) is 1. The number of hydrogen-bond acceptors (Lipinski definition) is 6. The zero-order chi connectivity index (χ0) is 20.3. The number of benzene rings is 1. The van der Waals surface area contributed by atoms with Crippen molar-refractivity contribution in [1.82, 2.24) is 25.3 Å². The fourth-order valence-corrected chi connectivity index (χ4v) is 3.11. The Kier molecular flexibility index (Phi) is 5.67. The number of aromatic nitrogens is 4. The standard InChI is InChI=1S/C20H23N5O3/c1-12(2)10-16(20(27)28-4)22-19(26)18-13(3)25(24-23-18)17-7-5-6-14-11-21-9-8-15(14)17/h5-9,11-12,16H,10H2,1-4H3,(H,22,26). The van der Waals surface area contributed by atoms with Gasteiger partial charge in [0, 0.05) is 23.2 Å². The van der Waals surface area contributed by atoms with Gasteiger partial charge in [0.15, 0.2) is 5.69 Å². The van der Waals surface area contributed by atoms with E-state index in [4.69, 9.17) is 4.74 Å². The van der Waals surface area contributed by atoms with E-state index in [0.29, 0.717) is 12.1 Å². The van der Waals surface area contributed by atoms with Crippen LogP contribution in [-0.2, 0) is 9.53 Å². The summed E-state index contributed by atoms with van der Waals surface area (Å²) in [6, 6.07) is 6.92. The van der Waals surface area contributed by atoms with Crippen molar-refractivity contribution < 1.29 is 14.3 Å². The first kappa shape index (κ1) is 19.5. The molecule has 3 rings (SSSR count). The topological polar surface area (TPSA) is 99.0 Å². The Labute approximate surface area is 162 Å². The zero-order valence-electron chi connectivity index (χ0n) is 16.3. The lowest BCUT2D eigenvalue weighted by atomic mass is 10.0. The maximum atomic E-state index is 12.7. The number of ether oxygens (including phenoxy) is 1. The number of nitrogens with zero attached hydrogens (tertiary/aromatic N) is 4. The summed E-state index contributed by atoms with van der Waals surface area (Å²) in [6.07, 6.45) is 3.95. The largest absolute Gasteiger partial charge is 0.467 e. The molecule has 0 bridgehead atoms. The lowest BCUT2D eigenvalue weighted by Crippen LogP contribution is -2.42. The van der Waals surface area contributed by atoms with Crippen LogP contribution in [0.1, 0.15) is 36.5 Å². The molecule has 1 atom stereocenters. The summed E-state index contributed by atoms with van der Waals surface area (Å²) >= 11 is 0. The molecule has 0 radical (unpaired) electrons. The number of amides is 1. The molecule has 0 aliphatic carbocycles. The van der Waals surface area contributed by atoms with Gasteiger partial charge < -0.3 is 10.1 Å². The van der Waals surface area contributed by atoms with E-state index >= 15 is 0 Å². The molecule has 0 aliphatic heterocycles. The van der Waals surface area contributed by atoms with Gasteiger partial charge in [-0.25, -0.2) is 9.48 Å². The maximum Gasteiger partial charge on any atom is 0.328 e. The van der Waals surface area contributed by atoms with Gasteiger partial charge in [0.2, 0.25) is 0 Å². The molecular weight excluding hydrogens is 358 g/mol. The van der Waals surface area contributed by atoms with Gasteiger partial charge in [0.1, 0.15) is 6.04 Å². The third-order valence-electron chi connectivity index (χ3n) is 4.49. The second-order valence-electron chi connectivity index (χ2n) is 6.99. The van der Waals surface area contributed by atoms with E-state index in [9.17, 15) is 9.59 Å². The van der Waals surface area contributed by atoms with Gasteiger partial charge in [-0.2, -0.15) is 0 Å². The summed E-state index contributed by atoms with van der Waals surface area (Å²) in [4.78, 5) is 28.9. The summed E-state index contributed by atoms with van der Waals surface area (Å²) < 4.78 is 6.42. The third-order valence-corrected chi connectivity index (χ3v) is 4.49. The van der Waals surface area contributed by atoms with E-state index in [1.54, 1.807) is 24.0 Å². The SMILES string of the molecule is COC(=O)C(CC(C)C)NC(=O)c1nnn(-c2cccc3cnccc23)c1C. The summed E-state index contributed by atoms with van der Waals surface area (Å²) in [6.45, 7) is 5.71. The fraction of sp³-hybridized carbons (Fsp3) is 0.350. The molecule has 3 aromatic rings. The van der Waals surface area contributed by atoms with Crippen LogP contribution in [-0.4, -0.2) is 45.0 Å². The first-order chi connectivity index (χ1) is 13.4. The first-order valence-corrected chi connectivity index (χ1v) is 9.06. The highest BCUT2D eigenvalue weighted by molar-refractivity contribution is 5.96. The van der Waals surface area contributed by atoms with Gasteiger partial charge in [0.05, 0.1) is 18.5 Å². The number of methoxy groups -OCH3 is 1. The van der Waals surface area contributed by atoms with Crippen LogP contribution in [0.2, 0.25) is 0 Å². The lowest BCUT2D eigenvalue weighted by molar-refractivity contribution is -0.143. The summed E-state index contributed by atoms with van der Waals surface area (Å²) in [5.74, 6) is -0.721. The minimum Gasteiger partial charge on any atom is -0.467 e. The van der Waals surface area contributed by atoms with Crippen molar-refractivity contribution in [2.45, 2.75) is 33.2 Å². The van der Waals surface area contributed by atoms with Crippen molar-refractivity contribution in [1.29, 1.82) is 0 Å². The van der Waals surface area contributed by atoms with Crippen LogP contribution < -0.4 is 5.32 Å². The average Bonchev–Trinajstić information content (AvgIpc) is 3.07. The summed E-state index contributed by atoms with van der Waals surface area (Å²) in [7, 11) is 1.30. The normalized spacial score (nSPS) is 12.2. The Balaban J connectivity index is 1.92. The molecule has 1 aromatic carbocycles. The fourth-order valence-electron chi connectivity index (χ4n) is 3.11. The number of esters is 1. The van der Waals surface area contributed by atoms with Crippen LogP contribution in [0.25, 0.3) is 16.5 Å². The molecule has 2 aromatic heterocycles. The van der Waals surface area contributed by atoms with E-state index in [0.717, 1.165) is 16.5 Å². The van der Waals surface area contributed by atoms with Crippen LogP contribution in [0.15, 0.2) is 36.7 Å². The molecule has 0 saturated carbocycles. The van der Waals surface area contributed by atoms with Gasteiger partial charge in [-0.05, 0) is 31.4 Å². The van der Waals surface area contributed by atoms with E-state index in [2.05, 4.69) is 20.6 Å². The maximum absolute atomic E-state index is 12.7. The molecule has 28 heavy (non-hydrogen) atoms. The van der Waals surface area contributed by atoms with E-state index in [1.165, 1.54) is 7.11 Å². The molecule has 8 nitrogen and oxygen atoms in total. The van der Waals surface area contributed by atoms with Crippen molar-refractivity contribution in [2.24, 2.45) is 5.92 Å². The van der Waals surface area contributed by atoms with Crippen LogP contribution in [0, 0.1) is 12.8 Å². The number of rotatable bonds is 6. The molecule has 1 amide bonds. The molecule has 0 saturated heterocycles. The molecule has 2 heterocycles. The number of carbonyl (C=O) groups is 2. The molecule has 0 aliphatic rings. The van der Waals surface area contributed by atoms with Crippen LogP contribution >= 0.6 is 0 Å². The number of nitrogens with one attached hydrogen (secondary N) is 1. The second kappa shape index (κ2) is 8.16. The van der Waals surface area contributed by atoms with Gasteiger partial charge in [-0.3, -0.25) is 9.78 Å². The first-order valence-electron chi connectivity index (χ1n) is 9.06. The minimum absolute atomic E-state index is 0.170. The minimum atomic E-state index is -0.731. The van der Waals surface area contributed by atoms with Crippen LogP contribution in [0.3, 0.4) is 0 Å². The molecule has 8 heteroatoms. The lowest BCUT2D eigenvalue weighted by Gasteiger charge is -2.17. The number of fused-ring (bicyclic) bond motifs is 1. The van der Waals surface area contributed by atoms with E-state index < -0.39 is 17.9 Å². The smallest absolute Gasteiger partial charge is 0.328 e. The van der Waals surface area contributed by atoms with Crippen molar-refractivity contribution in [2.75, 3.05) is 7.11 Å². The summed E-state index contributed by atoms with van der Waals surface area (Å²) in [5.41, 5.74) is 1.55. The van der Waals surface area contributed by atoms with E-state index in [1.807, 2.05) is 38.1 Å². The molecule has 146 valence electrons. The Morgan fingerprint density at radius 3 is 2.75 bits per heavy atom. The zero-order valence-corrected chi connectivity index (χ0v) is 16.3. The molecule has 0 spiro atoms. The molecule has 1 unspecified atom stereocenters. The van der Waals surface area contributed by atoms with Gasteiger partial charge >= 0.3 is 5.97 Å². The highest BCUT2D eigenvalue weighted by atomic mass is 16.5. The Bertz CT molecular complexity index is 1010. The Morgan fingerprint density at radius 1 is 1.25 bits per heavy atom. The van der Waals surface area contributed by atoms with Crippen LogP contribution in [0.4, 0.5) is 0 Å². The predicted octanol–water partition coefficient (Wildman–Crippen LogP) is 2.44. The van der Waals surface area contributed by atoms with E-state index in [-0.39, 0.29) is 11.6 Å². The van der Waals surface area contributed by atoms with Crippen LogP contribution in [0.5, 0.6) is 0 Å². The molecule has 1 N–H and O–H groups in total. The van der Waals surface area contributed by atoms with Gasteiger partial charge in [-0.15, -0.1) is 5.10 Å². The number of pyridine rings is 1. The average molecular weight is 381 g/mol. The van der Waals surface area contributed by atoms with Crippen molar-refractivity contribution in [3.63, 3.8) is 0 Å². The van der Waals surface area contributed by atoms with Crippen molar-refractivity contribution in [3.8, 4) is 5.69 Å². The van der Waals surface area contributed by atoms with Gasteiger partial charge in [-0.1, -0.05) is 31.2 Å². The Hall–Kier alpha value is -3.29. The van der Waals surface area contributed by atoms with Crippen molar-refractivity contribution in [3.05, 3.63) is 48.0 Å². The summed E-state index contributed by atoms with van der Waals surface area (Å²) in [5, 5.41) is 12.8.